The van der Waals surface area contributed by atoms with Crippen molar-refractivity contribution in [3.63, 3.8) is 0 Å². The van der Waals surface area contributed by atoms with Crippen LogP contribution in [0.2, 0.25) is 0 Å². The molecule has 0 radical (unpaired) electrons. The molecule has 2 rings (SSSR count). The number of ether oxygens (including phenoxy) is 1. The molecule has 158 valence electrons. The van der Waals surface area contributed by atoms with Gasteiger partial charge in [-0.2, -0.15) is 0 Å². The van der Waals surface area contributed by atoms with Gasteiger partial charge in [0, 0.05) is 11.6 Å². The van der Waals surface area contributed by atoms with E-state index in [1.807, 2.05) is 0 Å². The van der Waals surface area contributed by atoms with Gasteiger partial charge in [0.2, 0.25) is 0 Å². The van der Waals surface area contributed by atoms with Gasteiger partial charge in [0.05, 0.1) is 0 Å². The number of amides is 3. The lowest BCUT2D eigenvalue weighted by molar-refractivity contribution is -0.124. The molecule has 0 aromatic heterocycles. The second kappa shape index (κ2) is 11.3. The normalized spacial score (nSPS) is 11.7. The fraction of sp³-hybridized carbons (Fsp3) is 0.190. The van der Waals surface area contributed by atoms with Crippen molar-refractivity contribution in [2.24, 2.45) is 0 Å². The van der Waals surface area contributed by atoms with Crippen molar-refractivity contribution in [1.29, 1.82) is 0 Å². The van der Waals surface area contributed by atoms with E-state index >= 15 is 0 Å². The van der Waals surface area contributed by atoms with Gasteiger partial charge in [0.15, 0.2) is 11.6 Å². The summed E-state index contributed by atoms with van der Waals surface area (Å²) in [6.07, 6.45) is 1.87. The second-order valence-corrected chi connectivity index (χ2v) is 6.23. The summed E-state index contributed by atoms with van der Waals surface area (Å²) in [5.41, 5.74) is 2.03. The molecule has 2 aromatic carbocycles. The summed E-state index contributed by atoms with van der Waals surface area (Å²) in [5.74, 6) is -2.74. The van der Waals surface area contributed by atoms with Gasteiger partial charge < -0.3 is 9.84 Å². The molecule has 8 nitrogen and oxygen atoms in total. The summed E-state index contributed by atoms with van der Waals surface area (Å²) in [7, 11) is 0. The van der Waals surface area contributed by atoms with E-state index in [0.717, 1.165) is 18.2 Å². The highest BCUT2D eigenvalue weighted by atomic mass is 19.1. The Labute approximate surface area is 171 Å². The Kier molecular flexibility index (Phi) is 8.52. The first kappa shape index (κ1) is 22.6. The summed E-state index contributed by atoms with van der Waals surface area (Å²) in [6.45, 7) is 0. The molecule has 9 heteroatoms. The summed E-state index contributed by atoms with van der Waals surface area (Å²) in [6, 6.07) is 11.7. The van der Waals surface area contributed by atoms with Crippen LogP contribution in [0.1, 0.15) is 41.3 Å². The van der Waals surface area contributed by atoms with Crippen molar-refractivity contribution in [2.45, 2.75) is 25.4 Å². The van der Waals surface area contributed by atoms with E-state index in [0.29, 0.717) is 18.4 Å². The number of halogens is 1. The van der Waals surface area contributed by atoms with Crippen LogP contribution >= 0.6 is 0 Å². The molecule has 0 aliphatic rings. The minimum atomic E-state index is -1.00. The van der Waals surface area contributed by atoms with Crippen molar-refractivity contribution >= 4 is 17.9 Å². The zero-order valence-electron chi connectivity index (χ0n) is 15.9. The highest BCUT2D eigenvalue weighted by Gasteiger charge is 2.20. The van der Waals surface area contributed by atoms with Gasteiger partial charge in [-0.1, -0.05) is 30.3 Å². The van der Waals surface area contributed by atoms with E-state index in [4.69, 9.17) is 9.94 Å². The summed E-state index contributed by atoms with van der Waals surface area (Å²) < 4.78 is 19.0. The molecule has 3 amide bonds. The Morgan fingerprint density at radius 1 is 1.13 bits per heavy atom. The van der Waals surface area contributed by atoms with Crippen LogP contribution in [0.3, 0.4) is 0 Å². The van der Waals surface area contributed by atoms with Gasteiger partial charge in [-0.15, -0.1) is 0 Å². The minimum Gasteiger partial charge on any atom is -0.505 e. The summed E-state index contributed by atoms with van der Waals surface area (Å²) in [4.78, 5) is 35.2. The summed E-state index contributed by atoms with van der Waals surface area (Å²) >= 11 is 0. The van der Waals surface area contributed by atoms with E-state index < -0.39 is 35.6 Å². The molecule has 0 heterocycles. The highest BCUT2D eigenvalue weighted by molar-refractivity contribution is 6.02. The second-order valence-electron chi connectivity index (χ2n) is 6.23. The molecule has 0 fully saturated rings. The number of nitrogens with one attached hydrogen (secondary N) is 2. The lowest BCUT2D eigenvalue weighted by atomic mass is 10.0. The Morgan fingerprint density at radius 2 is 1.87 bits per heavy atom. The topological polar surface area (TPSA) is 125 Å². The summed E-state index contributed by atoms with van der Waals surface area (Å²) in [5, 5.41) is 19.9. The van der Waals surface area contributed by atoms with E-state index in [-0.39, 0.29) is 12.0 Å². The number of alkyl carbamates (subject to hydrolysis) is 1. The van der Waals surface area contributed by atoms with Gasteiger partial charge in [-0.05, 0) is 49.1 Å². The van der Waals surface area contributed by atoms with Crippen LogP contribution in [0.5, 0.6) is 5.75 Å². The Balaban J connectivity index is 2.03. The van der Waals surface area contributed by atoms with Gasteiger partial charge in [0.25, 0.3) is 11.8 Å². The molecule has 0 aliphatic heterocycles. The van der Waals surface area contributed by atoms with Crippen molar-refractivity contribution in [2.75, 3.05) is 0 Å². The number of hydrogen-bond donors (Lipinski definition) is 4. The van der Waals surface area contributed by atoms with Gasteiger partial charge in [-0.3, -0.25) is 20.1 Å². The average Bonchev–Trinajstić information content (AvgIpc) is 2.75. The van der Waals surface area contributed by atoms with Crippen LogP contribution in [0.15, 0.2) is 60.7 Å². The predicted molar refractivity (Wildman–Crippen MR) is 104 cm³/mol. The lowest BCUT2D eigenvalue weighted by Gasteiger charge is -2.18. The fourth-order valence-corrected chi connectivity index (χ4v) is 2.58. The minimum absolute atomic E-state index is 0.252. The zero-order chi connectivity index (χ0) is 21.9. The largest absolute Gasteiger partial charge is 0.505 e. The number of hydrogen-bond acceptors (Lipinski definition) is 6. The average molecular weight is 416 g/mol. The number of phenolic OH excluding ortho intramolecular Hbond substituents is 1. The van der Waals surface area contributed by atoms with E-state index in [2.05, 4.69) is 5.32 Å². The molecular formula is C21H21FN2O6. The van der Waals surface area contributed by atoms with Crippen LogP contribution in [0.25, 0.3) is 0 Å². The van der Waals surface area contributed by atoms with Crippen LogP contribution in [-0.4, -0.2) is 28.2 Å². The molecule has 0 bridgehead atoms. The Hall–Kier alpha value is -3.72. The number of unbranched alkanes of at least 4 members (excludes halogenated alkanes) is 1. The first-order valence-electron chi connectivity index (χ1n) is 9.06. The third-order valence-electron chi connectivity index (χ3n) is 4.06. The number of benzene rings is 2. The van der Waals surface area contributed by atoms with Gasteiger partial charge in [-0.25, -0.2) is 14.7 Å². The maximum atomic E-state index is 13.7. The van der Waals surface area contributed by atoms with Crippen molar-refractivity contribution in [1.82, 2.24) is 10.8 Å². The lowest BCUT2D eigenvalue weighted by Crippen LogP contribution is -2.32. The number of hydroxylamine groups is 1. The molecule has 0 saturated carbocycles. The van der Waals surface area contributed by atoms with Gasteiger partial charge in [0.1, 0.15) is 6.10 Å². The number of phenols is 1. The molecular weight excluding hydrogens is 395 g/mol. The molecule has 0 spiro atoms. The highest BCUT2D eigenvalue weighted by Crippen LogP contribution is 2.27. The van der Waals surface area contributed by atoms with Crippen LogP contribution < -0.4 is 10.8 Å². The van der Waals surface area contributed by atoms with Crippen LogP contribution in [0, 0.1) is 5.82 Å². The Bertz CT molecular complexity index is 917. The Morgan fingerprint density at radius 3 is 2.53 bits per heavy atom. The predicted octanol–water partition coefficient (Wildman–Crippen LogP) is 3.37. The fourth-order valence-electron chi connectivity index (χ4n) is 2.58. The first-order valence-corrected chi connectivity index (χ1v) is 9.06. The van der Waals surface area contributed by atoms with Crippen molar-refractivity contribution in [3.8, 4) is 5.75 Å². The molecule has 30 heavy (non-hydrogen) atoms. The number of aromatic hydroxyl groups is 1. The number of carbonyl (C=O) groups excluding carboxylic acids is 3. The van der Waals surface area contributed by atoms with Gasteiger partial charge >= 0.3 is 6.09 Å². The van der Waals surface area contributed by atoms with E-state index in [1.54, 1.807) is 18.2 Å². The maximum Gasteiger partial charge on any atom is 0.414 e. The number of carbonyl (C=O) groups is 3. The monoisotopic (exact) mass is 416 g/mol. The van der Waals surface area contributed by atoms with E-state index in [9.17, 15) is 23.9 Å². The first-order chi connectivity index (χ1) is 14.4. The quantitative estimate of drug-likeness (QED) is 0.226. The number of allylic oxidation sites excluding steroid dienone is 1. The maximum absolute atomic E-state index is 13.7. The van der Waals surface area contributed by atoms with E-state index in [1.165, 1.54) is 29.8 Å². The molecule has 4 N–H and O–H groups in total. The standard InChI is InChI=1S/C21H21FN2O6/c22-16-13-15(11-12-17(16)25)18(9-5-2-6-10-19(26)24-29)30-21(28)23-20(27)14-7-3-1-4-8-14/h1,3-4,6-8,10-13,18,25,29H,2,5,9H2,(H,24,26)(H,23,27,28)/b10-6+/t18-/m1/s1. The number of rotatable bonds is 8. The number of imide groups is 1. The zero-order valence-corrected chi connectivity index (χ0v) is 15.9. The third kappa shape index (κ3) is 7.02. The van der Waals surface area contributed by atoms with Crippen LogP contribution in [-0.2, 0) is 9.53 Å². The molecule has 0 saturated heterocycles. The smallest absolute Gasteiger partial charge is 0.414 e. The third-order valence-corrected chi connectivity index (χ3v) is 4.06. The molecule has 0 unspecified atom stereocenters. The molecule has 1 atom stereocenters. The van der Waals surface area contributed by atoms with Crippen molar-refractivity contribution in [3.05, 3.63) is 77.6 Å². The molecule has 2 aromatic rings. The van der Waals surface area contributed by atoms with Crippen molar-refractivity contribution < 1.29 is 33.8 Å². The molecule has 0 aliphatic carbocycles. The SMILES string of the molecule is O=C(/C=C/CCC[C@@H](OC(=O)NC(=O)c1ccccc1)c1ccc(O)c(F)c1)NO. The van der Waals surface area contributed by atoms with Crippen LogP contribution in [0.4, 0.5) is 9.18 Å².